The Bertz CT molecular complexity index is 405. The van der Waals surface area contributed by atoms with Crippen LogP contribution >= 0.6 is 0 Å². The van der Waals surface area contributed by atoms with Gasteiger partial charge >= 0.3 is 0 Å². The van der Waals surface area contributed by atoms with Gasteiger partial charge in [0, 0.05) is 0 Å². The topological polar surface area (TPSA) is 79.6 Å². The molecule has 0 spiro atoms. The number of pyridine rings is 1. The maximum absolute atomic E-state index is 5.22. The van der Waals surface area contributed by atoms with E-state index in [-0.39, 0.29) is 0 Å². The number of aromatic nitrogens is 3. The number of nitrogen functional groups attached to an aromatic ring is 1. The van der Waals surface area contributed by atoms with E-state index in [2.05, 4.69) is 20.4 Å². The number of nitrogens with zero attached hydrogens (tertiary/aromatic N) is 2. The molecular formula is C7H9N5. The minimum atomic E-state index is 0.714. The molecule has 62 valence electrons. The third kappa shape index (κ3) is 0.998. The summed E-state index contributed by atoms with van der Waals surface area (Å²) in [5, 5.41) is 0. The van der Waals surface area contributed by atoms with E-state index in [0.717, 1.165) is 17.0 Å². The second kappa shape index (κ2) is 2.46. The zero-order chi connectivity index (χ0) is 8.55. The van der Waals surface area contributed by atoms with E-state index < -0.39 is 0 Å². The van der Waals surface area contributed by atoms with Crippen molar-refractivity contribution in [2.45, 2.75) is 6.92 Å². The van der Waals surface area contributed by atoms with Crippen molar-refractivity contribution in [1.82, 2.24) is 15.0 Å². The summed E-state index contributed by atoms with van der Waals surface area (Å²) in [5.74, 6) is 6.08. The fourth-order valence-electron chi connectivity index (χ4n) is 1.10. The van der Waals surface area contributed by atoms with E-state index in [9.17, 15) is 0 Å². The predicted octanol–water partition coefficient (Wildman–Crippen LogP) is 0.552. The number of H-pyrrole nitrogens is 1. The van der Waals surface area contributed by atoms with Crippen molar-refractivity contribution in [3.8, 4) is 0 Å². The van der Waals surface area contributed by atoms with Gasteiger partial charge in [0.25, 0.3) is 0 Å². The standard InChI is InChI=1S/C7H9N5/c1-4-10-6-2-5(12-8)3-9-7(6)11-4/h2-3,12H,8H2,1H3,(H,9,10,11). The largest absolute Gasteiger partial charge is 0.341 e. The lowest BCUT2D eigenvalue weighted by molar-refractivity contribution is 1.16. The van der Waals surface area contributed by atoms with Crippen molar-refractivity contribution in [1.29, 1.82) is 0 Å². The molecule has 0 saturated carbocycles. The lowest BCUT2D eigenvalue weighted by atomic mass is 10.4. The highest BCUT2D eigenvalue weighted by Crippen LogP contribution is 2.12. The van der Waals surface area contributed by atoms with E-state index in [1.807, 2.05) is 13.0 Å². The molecule has 0 aliphatic carbocycles. The SMILES string of the molecule is Cc1nc2ncc(NN)cc2[nH]1. The van der Waals surface area contributed by atoms with Crippen LogP contribution in [0.25, 0.3) is 11.2 Å². The molecule has 0 aliphatic heterocycles. The zero-order valence-electron chi connectivity index (χ0n) is 6.63. The van der Waals surface area contributed by atoms with E-state index >= 15 is 0 Å². The summed E-state index contributed by atoms with van der Waals surface area (Å²) in [6.45, 7) is 1.89. The summed E-state index contributed by atoms with van der Waals surface area (Å²) in [6.07, 6.45) is 1.64. The number of anilines is 1. The van der Waals surface area contributed by atoms with Gasteiger partial charge in [-0.2, -0.15) is 0 Å². The van der Waals surface area contributed by atoms with Gasteiger partial charge in [0.2, 0.25) is 0 Å². The molecule has 0 aliphatic rings. The molecule has 2 aromatic heterocycles. The molecule has 0 unspecified atom stereocenters. The van der Waals surface area contributed by atoms with Gasteiger partial charge in [-0.25, -0.2) is 9.97 Å². The number of aromatic amines is 1. The monoisotopic (exact) mass is 163 g/mol. The number of rotatable bonds is 1. The molecule has 0 bridgehead atoms. The summed E-state index contributed by atoms with van der Waals surface area (Å²) in [5.41, 5.74) is 4.89. The number of nitrogens with one attached hydrogen (secondary N) is 2. The fraction of sp³-hybridized carbons (Fsp3) is 0.143. The predicted molar refractivity (Wildman–Crippen MR) is 46.4 cm³/mol. The molecular weight excluding hydrogens is 154 g/mol. The fourth-order valence-corrected chi connectivity index (χ4v) is 1.10. The highest BCUT2D eigenvalue weighted by atomic mass is 15.2. The smallest absolute Gasteiger partial charge is 0.177 e. The van der Waals surface area contributed by atoms with Crippen LogP contribution in [0.5, 0.6) is 0 Å². The van der Waals surface area contributed by atoms with Crippen molar-refractivity contribution in [3.63, 3.8) is 0 Å². The Hall–Kier alpha value is -1.62. The van der Waals surface area contributed by atoms with Crippen LogP contribution in [0.4, 0.5) is 5.69 Å². The molecule has 0 aromatic carbocycles. The van der Waals surface area contributed by atoms with Gasteiger partial charge in [-0.1, -0.05) is 0 Å². The first kappa shape index (κ1) is 7.05. The Balaban J connectivity index is 2.66. The summed E-state index contributed by atoms with van der Waals surface area (Å²) < 4.78 is 0. The number of hydrazine groups is 1. The number of nitrogens with two attached hydrogens (primary N) is 1. The van der Waals surface area contributed by atoms with E-state index in [0.29, 0.717) is 5.65 Å². The number of hydrogen-bond donors (Lipinski definition) is 3. The van der Waals surface area contributed by atoms with Gasteiger partial charge in [-0.15, -0.1) is 0 Å². The number of hydrogen-bond acceptors (Lipinski definition) is 4. The molecule has 2 rings (SSSR count). The van der Waals surface area contributed by atoms with E-state index in [1.165, 1.54) is 0 Å². The molecule has 5 nitrogen and oxygen atoms in total. The van der Waals surface area contributed by atoms with Crippen LogP contribution in [0.1, 0.15) is 5.82 Å². The second-order valence-corrected chi connectivity index (χ2v) is 2.56. The Morgan fingerprint density at radius 3 is 3.17 bits per heavy atom. The van der Waals surface area contributed by atoms with Crippen LogP contribution in [0.2, 0.25) is 0 Å². The van der Waals surface area contributed by atoms with Crippen molar-refractivity contribution in [2.24, 2.45) is 5.84 Å². The average Bonchev–Trinajstić information content (AvgIpc) is 2.43. The summed E-state index contributed by atoms with van der Waals surface area (Å²) >= 11 is 0. The van der Waals surface area contributed by atoms with Gasteiger partial charge < -0.3 is 10.4 Å². The average molecular weight is 163 g/mol. The van der Waals surface area contributed by atoms with E-state index in [4.69, 9.17) is 5.84 Å². The Kier molecular flexibility index (Phi) is 1.44. The van der Waals surface area contributed by atoms with Gasteiger partial charge in [-0.05, 0) is 13.0 Å². The van der Waals surface area contributed by atoms with Crippen LogP contribution in [-0.2, 0) is 0 Å². The Morgan fingerprint density at radius 1 is 1.58 bits per heavy atom. The van der Waals surface area contributed by atoms with Crippen LogP contribution in [0, 0.1) is 6.92 Å². The highest BCUT2D eigenvalue weighted by Gasteiger charge is 2.00. The highest BCUT2D eigenvalue weighted by molar-refractivity contribution is 5.74. The first-order chi connectivity index (χ1) is 5.79. The molecule has 0 radical (unpaired) electrons. The van der Waals surface area contributed by atoms with Crippen LogP contribution in [0.3, 0.4) is 0 Å². The van der Waals surface area contributed by atoms with Crippen molar-refractivity contribution >= 4 is 16.9 Å². The lowest BCUT2D eigenvalue weighted by Crippen LogP contribution is -2.06. The zero-order valence-corrected chi connectivity index (χ0v) is 6.63. The van der Waals surface area contributed by atoms with Crippen LogP contribution < -0.4 is 11.3 Å². The van der Waals surface area contributed by atoms with Crippen molar-refractivity contribution in [3.05, 3.63) is 18.1 Å². The third-order valence-corrected chi connectivity index (χ3v) is 1.62. The first-order valence-corrected chi connectivity index (χ1v) is 3.58. The Morgan fingerprint density at radius 2 is 2.42 bits per heavy atom. The van der Waals surface area contributed by atoms with Crippen LogP contribution in [-0.4, -0.2) is 15.0 Å². The quantitative estimate of drug-likeness (QED) is 0.423. The van der Waals surface area contributed by atoms with Crippen molar-refractivity contribution < 1.29 is 0 Å². The molecule has 2 aromatic rings. The molecule has 5 heteroatoms. The first-order valence-electron chi connectivity index (χ1n) is 3.58. The number of imidazole rings is 1. The minimum absolute atomic E-state index is 0.714. The summed E-state index contributed by atoms with van der Waals surface area (Å²) in [4.78, 5) is 11.3. The van der Waals surface area contributed by atoms with Crippen LogP contribution in [0.15, 0.2) is 12.3 Å². The number of fused-ring (bicyclic) bond motifs is 1. The lowest BCUT2D eigenvalue weighted by Gasteiger charge is -1.96. The van der Waals surface area contributed by atoms with Gasteiger partial charge in [0.1, 0.15) is 5.82 Å². The second-order valence-electron chi connectivity index (χ2n) is 2.56. The molecule has 2 heterocycles. The van der Waals surface area contributed by atoms with Gasteiger partial charge in [0.15, 0.2) is 5.65 Å². The summed E-state index contributed by atoms with van der Waals surface area (Å²) in [7, 11) is 0. The molecule has 0 fully saturated rings. The molecule has 0 atom stereocenters. The molecule has 0 saturated heterocycles. The maximum atomic E-state index is 5.22. The minimum Gasteiger partial charge on any atom is -0.341 e. The molecule has 4 N–H and O–H groups in total. The third-order valence-electron chi connectivity index (χ3n) is 1.62. The van der Waals surface area contributed by atoms with Gasteiger partial charge in [0.05, 0.1) is 17.4 Å². The van der Waals surface area contributed by atoms with Gasteiger partial charge in [-0.3, -0.25) is 5.84 Å². The molecule has 12 heavy (non-hydrogen) atoms. The normalized spacial score (nSPS) is 10.5. The van der Waals surface area contributed by atoms with Crippen molar-refractivity contribution in [2.75, 3.05) is 5.43 Å². The maximum Gasteiger partial charge on any atom is 0.177 e. The van der Waals surface area contributed by atoms with E-state index in [1.54, 1.807) is 6.20 Å². The summed E-state index contributed by atoms with van der Waals surface area (Å²) in [6, 6.07) is 1.86. The molecule has 0 amide bonds. The Labute approximate surface area is 69.0 Å². The number of aryl methyl sites for hydroxylation is 1.